The van der Waals surface area contributed by atoms with Crippen LogP contribution in [0.25, 0.3) is 0 Å². The SMILES string of the molecule is CCNC(=O)COCCOCCNC(=O)COCCOCCNC(=O)CCC(NC(=O)CCCCCCCCCCCCCCCCCCC(=O)O)C(=O)O. The highest BCUT2D eigenvalue weighted by Crippen LogP contribution is 2.14. The molecular weight excluding hydrogens is 716 g/mol. The van der Waals surface area contributed by atoms with Crippen molar-refractivity contribution >= 4 is 35.6 Å². The maximum absolute atomic E-state index is 12.3. The molecule has 55 heavy (non-hydrogen) atoms. The van der Waals surface area contributed by atoms with Crippen molar-refractivity contribution in [2.45, 2.75) is 141 Å². The summed E-state index contributed by atoms with van der Waals surface area (Å²) in [5, 5.41) is 28.6. The Morgan fingerprint density at radius 3 is 1.29 bits per heavy atom. The molecule has 0 aromatic rings. The molecule has 0 fully saturated rings. The molecule has 320 valence electrons. The predicted molar refractivity (Wildman–Crippen MR) is 208 cm³/mol. The average molecular weight is 789 g/mol. The highest BCUT2D eigenvalue weighted by Gasteiger charge is 2.20. The molecule has 4 amide bonds. The highest BCUT2D eigenvalue weighted by molar-refractivity contribution is 5.84. The molecule has 0 saturated carbocycles. The molecule has 0 aromatic heterocycles. The van der Waals surface area contributed by atoms with E-state index < -0.39 is 18.0 Å². The summed E-state index contributed by atoms with van der Waals surface area (Å²) in [6.45, 7) is 4.24. The van der Waals surface area contributed by atoms with Crippen molar-refractivity contribution < 1.29 is 57.9 Å². The van der Waals surface area contributed by atoms with E-state index in [2.05, 4.69) is 21.3 Å². The van der Waals surface area contributed by atoms with Crippen LogP contribution in [0.2, 0.25) is 0 Å². The van der Waals surface area contributed by atoms with Gasteiger partial charge in [0.1, 0.15) is 19.3 Å². The van der Waals surface area contributed by atoms with Crippen LogP contribution in [0, 0.1) is 0 Å². The minimum absolute atomic E-state index is 0.0143. The lowest BCUT2D eigenvalue weighted by Gasteiger charge is -2.14. The Hall–Kier alpha value is -3.34. The first kappa shape index (κ1) is 51.7. The monoisotopic (exact) mass is 789 g/mol. The lowest BCUT2D eigenvalue weighted by Crippen LogP contribution is -2.41. The number of rotatable bonds is 41. The number of amides is 4. The number of ether oxygens (including phenoxy) is 4. The zero-order valence-corrected chi connectivity index (χ0v) is 33.5. The van der Waals surface area contributed by atoms with Gasteiger partial charge < -0.3 is 50.4 Å². The average Bonchev–Trinajstić information content (AvgIpc) is 3.14. The van der Waals surface area contributed by atoms with Gasteiger partial charge in [-0.15, -0.1) is 0 Å². The number of likely N-dealkylation sites (N-methyl/N-ethyl adjacent to an activating group) is 1. The fourth-order valence-electron chi connectivity index (χ4n) is 5.52. The summed E-state index contributed by atoms with van der Waals surface area (Å²) in [5.41, 5.74) is 0. The summed E-state index contributed by atoms with van der Waals surface area (Å²) in [4.78, 5) is 69.6. The van der Waals surface area contributed by atoms with Gasteiger partial charge >= 0.3 is 11.9 Å². The molecule has 0 aromatic carbocycles. The second-order valence-electron chi connectivity index (χ2n) is 13.5. The van der Waals surface area contributed by atoms with Crippen molar-refractivity contribution in [2.75, 3.05) is 72.5 Å². The summed E-state index contributed by atoms with van der Waals surface area (Å²) in [7, 11) is 0. The van der Waals surface area contributed by atoms with Gasteiger partial charge in [-0.1, -0.05) is 89.9 Å². The van der Waals surface area contributed by atoms with E-state index in [1.165, 1.54) is 57.8 Å². The van der Waals surface area contributed by atoms with Crippen molar-refractivity contribution in [2.24, 2.45) is 0 Å². The molecule has 0 bridgehead atoms. The standard InChI is InChI=1S/C39H72N4O12/c1-2-40-36(46)31-54-29-27-53-26-24-42-37(47)32-55-30-28-52-25-23-41-34(44)22-21-33(39(50)51)43-35(45)19-17-15-13-11-9-7-5-3-4-6-8-10-12-14-16-18-20-38(48)49/h33H,2-32H2,1H3,(H,40,46)(H,41,44)(H,42,47)(H,43,45)(H,48,49)(H,50,51). The van der Waals surface area contributed by atoms with Gasteiger partial charge in [-0.25, -0.2) is 4.79 Å². The van der Waals surface area contributed by atoms with E-state index in [1.807, 2.05) is 6.92 Å². The van der Waals surface area contributed by atoms with Gasteiger partial charge in [0.25, 0.3) is 0 Å². The highest BCUT2D eigenvalue weighted by atomic mass is 16.5. The quantitative estimate of drug-likeness (QED) is 0.0486. The molecule has 0 aliphatic rings. The Morgan fingerprint density at radius 2 is 0.855 bits per heavy atom. The summed E-state index contributed by atoms with van der Waals surface area (Å²) >= 11 is 0. The second kappa shape index (κ2) is 38.9. The van der Waals surface area contributed by atoms with Gasteiger partial charge in [-0.05, 0) is 26.2 Å². The lowest BCUT2D eigenvalue weighted by atomic mass is 10.0. The minimum atomic E-state index is -1.17. The summed E-state index contributed by atoms with van der Waals surface area (Å²) in [5.74, 6) is -3.02. The summed E-state index contributed by atoms with van der Waals surface area (Å²) in [6.07, 6.45) is 18.4. The Balaban J connectivity index is 3.64. The first-order chi connectivity index (χ1) is 26.6. The van der Waals surface area contributed by atoms with Crippen molar-refractivity contribution in [3.05, 3.63) is 0 Å². The van der Waals surface area contributed by atoms with E-state index >= 15 is 0 Å². The molecule has 0 aliphatic carbocycles. The van der Waals surface area contributed by atoms with Crippen LogP contribution >= 0.6 is 0 Å². The fourth-order valence-corrected chi connectivity index (χ4v) is 5.52. The zero-order valence-electron chi connectivity index (χ0n) is 33.5. The Morgan fingerprint density at radius 1 is 0.455 bits per heavy atom. The van der Waals surface area contributed by atoms with Crippen LogP contribution in [0.3, 0.4) is 0 Å². The number of aliphatic carboxylic acids is 2. The molecule has 6 N–H and O–H groups in total. The van der Waals surface area contributed by atoms with Crippen LogP contribution in [-0.2, 0) is 47.7 Å². The molecule has 16 nitrogen and oxygen atoms in total. The van der Waals surface area contributed by atoms with Crippen LogP contribution in [0.5, 0.6) is 0 Å². The minimum Gasteiger partial charge on any atom is -0.481 e. The van der Waals surface area contributed by atoms with Crippen molar-refractivity contribution in [1.29, 1.82) is 0 Å². The van der Waals surface area contributed by atoms with Crippen molar-refractivity contribution in [3.8, 4) is 0 Å². The van der Waals surface area contributed by atoms with E-state index in [4.69, 9.17) is 24.1 Å². The van der Waals surface area contributed by atoms with Gasteiger partial charge in [0, 0.05) is 38.9 Å². The van der Waals surface area contributed by atoms with Crippen LogP contribution < -0.4 is 21.3 Å². The molecule has 1 unspecified atom stereocenters. The Labute approximate surface area is 328 Å². The zero-order chi connectivity index (χ0) is 40.6. The van der Waals surface area contributed by atoms with Gasteiger partial charge in [0.05, 0.1) is 39.6 Å². The maximum Gasteiger partial charge on any atom is 0.326 e. The third kappa shape index (κ3) is 38.7. The van der Waals surface area contributed by atoms with Crippen LogP contribution in [-0.4, -0.2) is 124 Å². The van der Waals surface area contributed by atoms with E-state index in [9.17, 15) is 33.9 Å². The fraction of sp³-hybridized carbons (Fsp3) is 0.846. The number of hydrogen-bond acceptors (Lipinski definition) is 10. The molecular formula is C39H72N4O12. The van der Waals surface area contributed by atoms with Crippen molar-refractivity contribution in [1.82, 2.24) is 21.3 Å². The van der Waals surface area contributed by atoms with E-state index in [0.717, 1.165) is 38.5 Å². The number of unbranched alkanes of at least 4 members (excludes halogenated alkanes) is 15. The number of carbonyl (C=O) groups excluding carboxylic acids is 4. The molecule has 1 atom stereocenters. The van der Waals surface area contributed by atoms with E-state index in [0.29, 0.717) is 32.7 Å². The molecule has 0 heterocycles. The largest absolute Gasteiger partial charge is 0.481 e. The number of carboxylic acids is 2. The van der Waals surface area contributed by atoms with Gasteiger partial charge in [-0.2, -0.15) is 0 Å². The number of carboxylic acid groups (broad SMARTS) is 2. The maximum atomic E-state index is 12.3. The van der Waals surface area contributed by atoms with Crippen LogP contribution in [0.1, 0.15) is 135 Å². The topological polar surface area (TPSA) is 228 Å². The molecule has 0 spiro atoms. The lowest BCUT2D eigenvalue weighted by molar-refractivity contribution is -0.142. The summed E-state index contributed by atoms with van der Waals surface area (Å²) < 4.78 is 21.1. The van der Waals surface area contributed by atoms with Gasteiger partial charge in [0.2, 0.25) is 23.6 Å². The second-order valence-corrected chi connectivity index (χ2v) is 13.5. The predicted octanol–water partition coefficient (Wildman–Crippen LogP) is 3.88. The molecule has 0 saturated heterocycles. The number of nitrogens with one attached hydrogen (secondary N) is 4. The van der Waals surface area contributed by atoms with Crippen LogP contribution in [0.4, 0.5) is 0 Å². The Bertz CT molecular complexity index is 1020. The van der Waals surface area contributed by atoms with Gasteiger partial charge in [0.15, 0.2) is 0 Å². The van der Waals surface area contributed by atoms with Crippen molar-refractivity contribution in [3.63, 3.8) is 0 Å². The molecule has 0 rings (SSSR count). The number of hydrogen-bond donors (Lipinski definition) is 6. The van der Waals surface area contributed by atoms with Crippen LogP contribution in [0.15, 0.2) is 0 Å². The van der Waals surface area contributed by atoms with E-state index in [1.54, 1.807) is 0 Å². The Kier molecular flexibility index (Phi) is 36.6. The summed E-state index contributed by atoms with van der Waals surface area (Å²) in [6, 6.07) is -1.13. The number of carbonyl (C=O) groups is 6. The molecule has 16 heteroatoms. The third-order valence-electron chi connectivity index (χ3n) is 8.56. The molecule has 0 radical (unpaired) electrons. The van der Waals surface area contributed by atoms with E-state index in [-0.39, 0.29) is 95.5 Å². The van der Waals surface area contributed by atoms with Gasteiger partial charge in [-0.3, -0.25) is 24.0 Å². The normalized spacial score (nSPS) is 11.5. The first-order valence-corrected chi connectivity index (χ1v) is 20.5. The third-order valence-corrected chi connectivity index (χ3v) is 8.56. The smallest absolute Gasteiger partial charge is 0.326 e. The first-order valence-electron chi connectivity index (χ1n) is 20.5. The molecule has 0 aliphatic heterocycles.